The van der Waals surface area contributed by atoms with E-state index in [1.54, 1.807) is 6.20 Å². The zero-order valence-electron chi connectivity index (χ0n) is 24.2. The average Bonchev–Trinajstić information content (AvgIpc) is 2.97. The van der Waals surface area contributed by atoms with Crippen LogP contribution in [0.1, 0.15) is 77.8 Å². The molecule has 1 saturated carbocycles. The van der Waals surface area contributed by atoms with Crippen LogP contribution in [0.5, 0.6) is 0 Å². The number of nitrogens with zero attached hydrogens (tertiary/aromatic N) is 3. The number of nitrogens with one attached hydrogen (secondary N) is 1. The van der Waals surface area contributed by atoms with Crippen LogP contribution in [0, 0.1) is 34.0 Å². The van der Waals surface area contributed by atoms with Crippen molar-refractivity contribution in [2.75, 3.05) is 31.7 Å². The molecule has 2 aromatic heterocycles. The van der Waals surface area contributed by atoms with Gasteiger partial charge in [-0.25, -0.2) is 4.98 Å². The van der Waals surface area contributed by atoms with E-state index in [4.69, 9.17) is 26.1 Å². The third-order valence-electron chi connectivity index (χ3n) is 8.70. The minimum absolute atomic E-state index is 0.0884. The highest BCUT2D eigenvalue weighted by molar-refractivity contribution is 6.33. The largest absolute Gasteiger partial charge is 0.466 e. The number of halogens is 1. The number of hydrogen-bond acceptors (Lipinski definition) is 7. The van der Waals surface area contributed by atoms with Gasteiger partial charge in [-0.1, -0.05) is 30.5 Å². The number of rotatable bonds is 11. The summed E-state index contributed by atoms with van der Waals surface area (Å²) in [6, 6.07) is 10.4. The molecule has 216 valence electrons. The first-order valence-corrected chi connectivity index (χ1v) is 15.1. The van der Waals surface area contributed by atoms with Crippen molar-refractivity contribution < 1.29 is 14.3 Å². The van der Waals surface area contributed by atoms with Crippen molar-refractivity contribution >= 4 is 23.4 Å². The summed E-state index contributed by atoms with van der Waals surface area (Å²) in [5.74, 6) is 1.91. The zero-order valence-corrected chi connectivity index (χ0v) is 24.9. The van der Waals surface area contributed by atoms with E-state index in [0.717, 1.165) is 54.9 Å². The van der Waals surface area contributed by atoms with Crippen LogP contribution in [0.25, 0.3) is 11.3 Å². The molecule has 0 atom stereocenters. The lowest BCUT2D eigenvalue weighted by Gasteiger charge is -2.31. The summed E-state index contributed by atoms with van der Waals surface area (Å²) in [6.45, 7) is 8.07. The maximum absolute atomic E-state index is 12.2. The van der Waals surface area contributed by atoms with Gasteiger partial charge >= 0.3 is 5.97 Å². The first-order valence-electron chi connectivity index (χ1n) is 14.8. The first-order chi connectivity index (χ1) is 19.2. The smallest absolute Gasteiger partial charge is 0.311 e. The van der Waals surface area contributed by atoms with Crippen LogP contribution < -0.4 is 5.32 Å². The number of carbonyl (C=O) groups excluding carboxylic acids is 1. The second-order valence-electron chi connectivity index (χ2n) is 12.2. The number of aromatic nitrogens is 2. The number of esters is 1. The van der Waals surface area contributed by atoms with Gasteiger partial charge in [-0.3, -0.25) is 9.78 Å². The molecule has 0 unspecified atom stereocenters. The van der Waals surface area contributed by atoms with Gasteiger partial charge in [0.1, 0.15) is 5.82 Å². The lowest BCUT2D eigenvalue weighted by molar-refractivity contribution is -0.154. The summed E-state index contributed by atoms with van der Waals surface area (Å²) in [5.41, 5.74) is 1.88. The van der Waals surface area contributed by atoms with Gasteiger partial charge in [-0.05, 0) is 95.8 Å². The van der Waals surface area contributed by atoms with E-state index in [1.807, 2.05) is 39.0 Å². The minimum atomic E-state index is -0.423. The Morgan fingerprint density at radius 2 is 1.95 bits per heavy atom. The lowest BCUT2D eigenvalue weighted by Crippen LogP contribution is -2.34. The predicted molar refractivity (Wildman–Crippen MR) is 158 cm³/mol. The molecule has 8 heteroatoms. The molecule has 0 radical (unpaired) electrons. The molecule has 3 heterocycles. The van der Waals surface area contributed by atoms with Gasteiger partial charge in [0.2, 0.25) is 0 Å². The van der Waals surface area contributed by atoms with Gasteiger partial charge in [0, 0.05) is 37.2 Å². The first kappa shape index (κ1) is 30.3. The van der Waals surface area contributed by atoms with Crippen molar-refractivity contribution in [3.63, 3.8) is 0 Å². The van der Waals surface area contributed by atoms with Crippen LogP contribution in [-0.4, -0.2) is 42.3 Å². The van der Waals surface area contributed by atoms with Crippen LogP contribution >= 0.6 is 11.6 Å². The Labute approximate surface area is 244 Å². The fourth-order valence-electron chi connectivity index (χ4n) is 5.84. The zero-order chi connectivity index (χ0) is 28.6. The lowest BCUT2D eigenvalue weighted by atomic mass is 9.75. The molecule has 0 aromatic carbocycles. The maximum atomic E-state index is 12.2. The summed E-state index contributed by atoms with van der Waals surface area (Å²) in [5, 5.41) is 13.7. The van der Waals surface area contributed by atoms with E-state index in [1.165, 1.54) is 25.7 Å². The SMILES string of the molecule is CCOC(=O)C(C)(C)CCC1CCC(Cc2cc(-c3cccc(NCC4(C#N)CCOCC4)n3)c(Cl)cn2)CC1. The highest BCUT2D eigenvalue weighted by Gasteiger charge is 2.33. The molecular formula is C32H43ClN4O3. The molecule has 1 aliphatic carbocycles. The van der Waals surface area contributed by atoms with Crippen LogP contribution in [0.2, 0.25) is 5.02 Å². The third-order valence-corrected chi connectivity index (χ3v) is 9.00. The fourth-order valence-corrected chi connectivity index (χ4v) is 6.04. The predicted octanol–water partition coefficient (Wildman–Crippen LogP) is 7.25. The average molecular weight is 567 g/mol. The van der Waals surface area contributed by atoms with Gasteiger partial charge in [0.15, 0.2) is 0 Å². The molecular weight excluding hydrogens is 524 g/mol. The van der Waals surface area contributed by atoms with Crippen molar-refractivity contribution in [3.05, 3.63) is 41.2 Å². The van der Waals surface area contributed by atoms with Gasteiger partial charge < -0.3 is 14.8 Å². The number of carbonyl (C=O) groups is 1. The van der Waals surface area contributed by atoms with E-state index < -0.39 is 10.8 Å². The monoisotopic (exact) mass is 566 g/mol. The van der Waals surface area contributed by atoms with Crippen LogP contribution in [0.4, 0.5) is 5.82 Å². The summed E-state index contributed by atoms with van der Waals surface area (Å²) in [4.78, 5) is 21.7. The van der Waals surface area contributed by atoms with E-state index >= 15 is 0 Å². The highest BCUT2D eigenvalue weighted by atomic mass is 35.5. The maximum Gasteiger partial charge on any atom is 0.311 e. The van der Waals surface area contributed by atoms with Crippen molar-refractivity contribution in [1.29, 1.82) is 5.26 Å². The fraction of sp³-hybridized carbons (Fsp3) is 0.625. The van der Waals surface area contributed by atoms with Gasteiger partial charge in [-0.15, -0.1) is 0 Å². The molecule has 1 aliphatic heterocycles. The molecule has 2 fully saturated rings. The topological polar surface area (TPSA) is 97.1 Å². The molecule has 0 bridgehead atoms. The molecule has 0 spiro atoms. The Morgan fingerprint density at radius 1 is 1.23 bits per heavy atom. The Kier molecular flexibility index (Phi) is 10.4. The Morgan fingerprint density at radius 3 is 2.65 bits per heavy atom. The molecule has 1 saturated heterocycles. The van der Waals surface area contributed by atoms with Crippen molar-refractivity contribution in [3.8, 4) is 17.3 Å². The number of ether oxygens (including phenoxy) is 2. The second kappa shape index (κ2) is 13.8. The standard InChI is InChI=1S/C32H43ClN4O3/c1-4-40-30(38)31(2,3)13-12-23-8-10-24(11-9-23)18-25-19-26(27(33)20-35-25)28-6-5-7-29(37-28)36-22-32(21-34)14-16-39-17-15-32/h5-7,19-20,23-24H,4,8-18,22H2,1-3H3,(H,36,37). The highest BCUT2D eigenvalue weighted by Crippen LogP contribution is 2.37. The van der Waals surface area contributed by atoms with Crippen molar-refractivity contribution in [2.24, 2.45) is 22.7 Å². The molecule has 4 rings (SSSR count). The van der Waals surface area contributed by atoms with Crippen molar-refractivity contribution in [2.45, 2.75) is 78.6 Å². The van der Waals surface area contributed by atoms with E-state index in [-0.39, 0.29) is 5.97 Å². The Bertz CT molecular complexity index is 1180. The summed E-state index contributed by atoms with van der Waals surface area (Å²) >= 11 is 6.59. The molecule has 40 heavy (non-hydrogen) atoms. The molecule has 1 N–H and O–H groups in total. The Hall–Kier alpha value is -2.69. The Balaban J connectivity index is 1.33. The number of anilines is 1. The normalized spacial score (nSPS) is 20.9. The number of pyridine rings is 2. The summed E-state index contributed by atoms with van der Waals surface area (Å²) < 4.78 is 10.7. The van der Waals surface area contributed by atoms with Gasteiger partial charge in [0.05, 0.1) is 34.2 Å². The number of hydrogen-bond donors (Lipinski definition) is 1. The van der Waals surface area contributed by atoms with Crippen LogP contribution in [0.3, 0.4) is 0 Å². The molecule has 2 aromatic rings. The van der Waals surface area contributed by atoms with E-state index in [9.17, 15) is 10.1 Å². The van der Waals surface area contributed by atoms with Crippen LogP contribution in [-0.2, 0) is 20.7 Å². The molecule has 7 nitrogen and oxygen atoms in total. The number of nitriles is 1. The van der Waals surface area contributed by atoms with Crippen molar-refractivity contribution in [1.82, 2.24) is 9.97 Å². The third kappa shape index (κ3) is 7.95. The van der Waals surface area contributed by atoms with Gasteiger partial charge in [0.25, 0.3) is 0 Å². The van der Waals surface area contributed by atoms with Crippen LogP contribution in [0.15, 0.2) is 30.5 Å². The minimum Gasteiger partial charge on any atom is -0.466 e. The second-order valence-corrected chi connectivity index (χ2v) is 12.6. The van der Waals surface area contributed by atoms with E-state index in [0.29, 0.717) is 43.2 Å². The molecule has 2 aliphatic rings. The summed E-state index contributed by atoms with van der Waals surface area (Å²) in [6.07, 6.45) is 10.8. The quantitative estimate of drug-likeness (QED) is 0.286. The summed E-state index contributed by atoms with van der Waals surface area (Å²) in [7, 11) is 0. The van der Waals surface area contributed by atoms with E-state index in [2.05, 4.69) is 22.4 Å². The van der Waals surface area contributed by atoms with Gasteiger partial charge in [-0.2, -0.15) is 5.26 Å². The molecule has 0 amide bonds.